The van der Waals surface area contributed by atoms with Gasteiger partial charge < -0.3 is 20.4 Å². The summed E-state index contributed by atoms with van der Waals surface area (Å²) in [7, 11) is 0. The zero-order chi connectivity index (χ0) is 28.6. The Labute approximate surface area is 250 Å². The zero-order valence-electron chi connectivity index (χ0n) is 22.3. The van der Waals surface area contributed by atoms with Crippen LogP contribution in [0.4, 0.5) is 21.8 Å². The fourth-order valence-electron chi connectivity index (χ4n) is 4.24. The number of fused-ring (bicyclic) bond motifs is 1. The molecule has 0 amide bonds. The van der Waals surface area contributed by atoms with Crippen LogP contribution in [-0.4, -0.2) is 39.1 Å². The molecule has 0 saturated carbocycles. The summed E-state index contributed by atoms with van der Waals surface area (Å²) in [5, 5.41) is 6.63. The molecule has 0 aliphatic heterocycles. The van der Waals surface area contributed by atoms with Crippen LogP contribution in [-0.2, 0) is 16.0 Å². The van der Waals surface area contributed by atoms with Crippen molar-refractivity contribution in [2.24, 2.45) is 0 Å². The third kappa shape index (κ3) is 7.46. The Morgan fingerprint density at radius 2 is 1.98 bits per heavy atom. The van der Waals surface area contributed by atoms with Crippen LogP contribution in [0.1, 0.15) is 24.7 Å². The topological polar surface area (TPSA) is 105 Å². The van der Waals surface area contributed by atoms with Gasteiger partial charge >= 0.3 is 5.97 Å². The van der Waals surface area contributed by atoms with Gasteiger partial charge in [0.05, 0.1) is 21.2 Å². The van der Waals surface area contributed by atoms with Crippen molar-refractivity contribution >= 4 is 63.1 Å². The minimum absolute atomic E-state index is 0.281. The molecule has 8 nitrogen and oxygen atoms in total. The first-order valence-corrected chi connectivity index (χ1v) is 14.3. The quantitative estimate of drug-likeness (QED) is 0.0599. The first-order valence-electron chi connectivity index (χ1n) is 13.2. The maximum Gasteiger partial charge on any atom is 0.330 e. The molecular weight excluding hydrogens is 634 g/mol. The second-order valence-corrected chi connectivity index (χ2v) is 10.3. The number of rotatable bonds is 11. The van der Waals surface area contributed by atoms with Gasteiger partial charge in [-0.3, -0.25) is 0 Å². The van der Waals surface area contributed by atoms with Crippen molar-refractivity contribution in [1.82, 2.24) is 19.9 Å². The second kappa shape index (κ2) is 13.4. The van der Waals surface area contributed by atoms with Crippen LogP contribution in [0.25, 0.3) is 28.2 Å². The lowest BCUT2D eigenvalue weighted by atomic mass is 10.0. The third-order valence-electron chi connectivity index (χ3n) is 6.18. The van der Waals surface area contributed by atoms with Gasteiger partial charge in [0.1, 0.15) is 17.5 Å². The number of hydrogen-bond donors (Lipinski definition) is 3. The van der Waals surface area contributed by atoms with Gasteiger partial charge in [0.15, 0.2) is 0 Å². The number of nitrogens with one attached hydrogen (secondary N) is 3. The van der Waals surface area contributed by atoms with Gasteiger partial charge in [-0.25, -0.2) is 19.2 Å². The lowest BCUT2D eigenvalue weighted by Crippen LogP contribution is -2.09. The third-order valence-corrected chi connectivity index (χ3v) is 7.01. The fourth-order valence-corrected chi connectivity index (χ4v) is 4.76. The summed E-state index contributed by atoms with van der Waals surface area (Å²) in [6.07, 6.45) is 6.47. The normalized spacial score (nSPS) is 11.2. The number of H-pyrrole nitrogens is 1. The van der Waals surface area contributed by atoms with E-state index in [2.05, 4.69) is 25.6 Å². The number of aromatic amines is 1. The molecule has 0 unspecified atom stereocenters. The average molecular weight is 663 g/mol. The summed E-state index contributed by atoms with van der Waals surface area (Å²) in [6.45, 7) is 2.74. The number of para-hydroxylation sites is 2. The van der Waals surface area contributed by atoms with E-state index in [1.54, 1.807) is 31.3 Å². The number of aromatic nitrogens is 4. The summed E-state index contributed by atoms with van der Waals surface area (Å²) in [6, 6.07) is 20.5. The molecule has 0 aliphatic carbocycles. The molecule has 2 heterocycles. The molecule has 208 valence electrons. The fraction of sp³-hybridized carbons (Fsp3) is 0.161. The molecule has 2 aromatic heterocycles. The van der Waals surface area contributed by atoms with E-state index in [4.69, 9.17) is 9.72 Å². The van der Waals surface area contributed by atoms with E-state index in [0.717, 1.165) is 46.4 Å². The van der Waals surface area contributed by atoms with E-state index >= 15 is 0 Å². The number of benzene rings is 3. The highest BCUT2D eigenvalue weighted by molar-refractivity contribution is 14.1. The van der Waals surface area contributed by atoms with Gasteiger partial charge in [-0.05, 0) is 89.5 Å². The molecule has 3 aromatic carbocycles. The number of aryl methyl sites for hydroxylation is 1. The Kier molecular flexibility index (Phi) is 9.19. The Hall–Kier alpha value is -4.32. The summed E-state index contributed by atoms with van der Waals surface area (Å²) < 4.78 is 19.2. The van der Waals surface area contributed by atoms with E-state index < -0.39 is 0 Å². The molecule has 3 N–H and O–H groups in total. The lowest BCUT2D eigenvalue weighted by molar-refractivity contribution is -0.137. The van der Waals surface area contributed by atoms with Crippen molar-refractivity contribution in [1.29, 1.82) is 0 Å². The summed E-state index contributed by atoms with van der Waals surface area (Å²) in [4.78, 5) is 29.1. The summed E-state index contributed by atoms with van der Waals surface area (Å²) in [5.74, 6) is 1.30. The van der Waals surface area contributed by atoms with Crippen LogP contribution in [0.15, 0.2) is 79.0 Å². The molecule has 0 atom stereocenters. The van der Waals surface area contributed by atoms with Gasteiger partial charge in [-0.15, -0.1) is 0 Å². The number of ether oxygens (including phenoxy) is 1. The molecule has 5 rings (SSSR count). The highest BCUT2D eigenvalue weighted by Crippen LogP contribution is 2.29. The van der Waals surface area contributed by atoms with Crippen molar-refractivity contribution < 1.29 is 13.9 Å². The van der Waals surface area contributed by atoms with Gasteiger partial charge in [-0.2, -0.15) is 4.98 Å². The number of nitrogens with zero attached hydrogens (tertiary/aromatic N) is 3. The Morgan fingerprint density at radius 3 is 2.80 bits per heavy atom. The van der Waals surface area contributed by atoms with E-state index in [-0.39, 0.29) is 11.8 Å². The Bertz CT molecular complexity index is 1670. The van der Waals surface area contributed by atoms with Crippen molar-refractivity contribution in [2.45, 2.75) is 19.8 Å². The smallest absolute Gasteiger partial charge is 0.330 e. The summed E-state index contributed by atoms with van der Waals surface area (Å²) >= 11 is 1.95. The highest BCUT2D eigenvalue weighted by Gasteiger charge is 2.12. The molecule has 10 heteroatoms. The molecule has 0 saturated heterocycles. The van der Waals surface area contributed by atoms with Crippen molar-refractivity contribution in [2.75, 3.05) is 23.8 Å². The number of esters is 1. The SMILES string of the molecule is CCOC(=O)/C=C/c1cccc(-c2cnc(Nc3ccc(F)c(I)c3)nc2NCCCc2nc3ccccc3[nH]2)c1. The zero-order valence-corrected chi connectivity index (χ0v) is 24.5. The number of carbonyl (C=O) groups excluding carboxylic acids is 1. The predicted molar refractivity (Wildman–Crippen MR) is 168 cm³/mol. The van der Waals surface area contributed by atoms with Crippen LogP contribution in [0, 0.1) is 9.39 Å². The maximum absolute atomic E-state index is 13.8. The van der Waals surface area contributed by atoms with E-state index in [1.807, 2.05) is 71.1 Å². The molecule has 0 fully saturated rings. The number of anilines is 3. The number of carbonyl (C=O) groups is 1. The first kappa shape index (κ1) is 28.2. The predicted octanol–water partition coefficient (Wildman–Crippen LogP) is 7.13. The second-order valence-electron chi connectivity index (χ2n) is 9.15. The maximum atomic E-state index is 13.8. The largest absolute Gasteiger partial charge is 0.463 e. The van der Waals surface area contributed by atoms with Crippen LogP contribution < -0.4 is 10.6 Å². The molecule has 0 aliphatic rings. The van der Waals surface area contributed by atoms with E-state index in [9.17, 15) is 9.18 Å². The molecule has 41 heavy (non-hydrogen) atoms. The molecule has 0 radical (unpaired) electrons. The standard InChI is InChI=1S/C31H28FIN6O2/c1-2-41-29(40)15-12-20-7-5-8-21(17-20)23-19-35-31(36-22-13-14-24(32)25(33)18-22)39-30(23)34-16-6-11-28-37-26-9-3-4-10-27(26)38-28/h3-5,7-10,12-15,17-19H,2,6,11,16H2,1H3,(H,37,38)(H2,34,35,36,39)/b15-12+. The lowest BCUT2D eigenvalue weighted by Gasteiger charge is -2.14. The van der Waals surface area contributed by atoms with E-state index in [1.165, 1.54) is 12.1 Å². The number of halogens is 2. The molecule has 0 spiro atoms. The molecule has 5 aromatic rings. The van der Waals surface area contributed by atoms with Crippen LogP contribution >= 0.6 is 22.6 Å². The Morgan fingerprint density at radius 1 is 1.10 bits per heavy atom. The Balaban J connectivity index is 1.36. The van der Waals surface area contributed by atoms with Gasteiger partial charge in [-0.1, -0.05) is 30.3 Å². The summed E-state index contributed by atoms with van der Waals surface area (Å²) in [5.41, 5.74) is 5.20. The first-order chi connectivity index (χ1) is 20.0. The van der Waals surface area contributed by atoms with Crippen molar-refractivity contribution in [3.8, 4) is 11.1 Å². The van der Waals surface area contributed by atoms with Crippen molar-refractivity contribution in [3.63, 3.8) is 0 Å². The van der Waals surface area contributed by atoms with Crippen LogP contribution in [0.2, 0.25) is 0 Å². The average Bonchev–Trinajstić information content (AvgIpc) is 3.40. The number of hydrogen-bond acceptors (Lipinski definition) is 7. The minimum atomic E-state index is -0.390. The van der Waals surface area contributed by atoms with Gasteiger partial charge in [0.25, 0.3) is 0 Å². The van der Waals surface area contributed by atoms with Gasteiger partial charge in [0.2, 0.25) is 5.95 Å². The number of imidazole rings is 1. The highest BCUT2D eigenvalue weighted by atomic mass is 127. The van der Waals surface area contributed by atoms with Gasteiger partial charge in [0, 0.05) is 36.5 Å². The molecule has 0 bridgehead atoms. The van der Waals surface area contributed by atoms with Crippen LogP contribution in [0.5, 0.6) is 0 Å². The minimum Gasteiger partial charge on any atom is -0.463 e. The van der Waals surface area contributed by atoms with Crippen molar-refractivity contribution in [3.05, 3.63) is 99.8 Å². The van der Waals surface area contributed by atoms with E-state index in [0.29, 0.717) is 34.2 Å². The molecular formula is C31H28FIN6O2. The monoisotopic (exact) mass is 662 g/mol. The van der Waals surface area contributed by atoms with Crippen LogP contribution in [0.3, 0.4) is 0 Å².